The molecule has 0 spiro atoms. The number of rotatable bonds is 3. The van der Waals surface area contributed by atoms with Crippen LogP contribution in [0.5, 0.6) is 0 Å². The van der Waals surface area contributed by atoms with E-state index in [1.165, 1.54) is 0 Å². The van der Waals surface area contributed by atoms with Crippen LogP contribution in [-0.2, 0) is 6.42 Å². The molecule has 2 aromatic rings. The second kappa shape index (κ2) is 4.83. The molecule has 0 amide bonds. The molecule has 3 heterocycles. The number of hydrogen-bond acceptors (Lipinski definition) is 6. The molecule has 6 nitrogen and oxygen atoms in total. The summed E-state index contributed by atoms with van der Waals surface area (Å²) in [7, 11) is 0. The molecule has 1 aliphatic rings. The number of aromatic nitrogens is 3. The Morgan fingerprint density at radius 2 is 2.22 bits per heavy atom. The Labute approximate surface area is 104 Å². The Morgan fingerprint density at radius 3 is 2.94 bits per heavy atom. The van der Waals surface area contributed by atoms with E-state index in [9.17, 15) is 5.11 Å². The first-order chi connectivity index (χ1) is 8.81. The van der Waals surface area contributed by atoms with Crippen molar-refractivity contribution in [3.05, 3.63) is 41.8 Å². The molecule has 6 heteroatoms. The number of aliphatic hydroxyl groups excluding tert-OH is 1. The fraction of sp³-hybridized carbons (Fsp3) is 0.417. The van der Waals surface area contributed by atoms with E-state index in [0.29, 0.717) is 31.1 Å². The molecular weight excluding hydrogens is 232 g/mol. The summed E-state index contributed by atoms with van der Waals surface area (Å²) >= 11 is 0. The van der Waals surface area contributed by atoms with Gasteiger partial charge in [0.15, 0.2) is 5.82 Å². The van der Waals surface area contributed by atoms with Gasteiger partial charge in [0.05, 0.1) is 12.1 Å². The van der Waals surface area contributed by atoms with Crippen LogP contribution < -0.4 is 5.32 Å². The average Bonchev–Trinajstić information content (AvgIpc) is 2.99. The number of aliphatic hydroxyl groups is 1. The van der Waals surface area contributed by atoms with Crippen LogP contribution in [0, 0.1) is 0 Å². The minimum Gasteiger partial charge on any atom is -0.392 e. The summed E-state index contributed by atoms with van der Waals surface area (Å²) in [5.74, 6) is 1.20. The van der Waals surface area contributed by atoms with Crippen LogP contribution in [0.25, 0.3) is 0 Å². The van der Waals surface area contributed by atoms with Gasteiger partial charge in [-0.1, -0.05) is 5.16 Å². The van der Waals surface area contributed by atoms with Crippen LogP contribution in [0.1, 0.15) is 29.7 Å². The molecule has 0 bridgehead atoms. The van der Waals surface area contributed by atoms with Gasteiger partial charge in [0.1, 0.15) is 0 Å². The van der Waals surface area contributed by atoms with Crippen LogP contribution >= 0.6 is 0 Å². The normalized spacial score (nSPS) is 23.4. The molecule has 2 atom stereocenters. The van der Waals surface area contributed by atoms with Gasteiger partial charge in [0.2, 0.25) is 5.89 Å². The van der Waals surface area contributed by atoms with E-state index < -0.39 is 0 Å². The zero-order valence-corrected chi connectivity index (χ0v) is 9.78. The number of nitrogens with one attached hydrogen (secondary N) is 1. The molecule has 0 unspecified atom stereocenters. The first-order valence-electron chi connectivity index (χ1n) is 5.94. The topological polar surface area (TPSA) is 84.1 Å². The zero-order valence-electron chi connectivity index (χ0n) is 9.78. The largest absolute Gasteiger partial charge is 0.392 e. The first kappa shape index (κ1) is 11.3. The van der Waals surface area contributed by atoms with Crippen molar-refractivity contribution >= 4 is 0 Å². The van der Waals surface area contributed by atoms with E-state index in [4.69, 9.17) is 4.52 Å². The highest BCUT2D eigenvalue weighted by atomic mass is 16.5. The maximum absolute atomic E-state index is 9.44. The molecule has 0 radical (unpaired) electrons. The molecule has 3 rings (SSSR count). The molecule has 2 aromatic heterocycles. The van der Waals surface area contributed by atoms with Crippen molar-refractivity contribution in [1.82, 2.24) is 20.4 Å². The van der Waals surface area contributed by atoms with Gasteiger partial charge in [0.25, 0.3) is 0 Å². The lowest BCUT2D eigenvalue weighted by atomic mass is 10.2. The monoisotopic (exact) mass is 246 g/mol. The smallest absolute Gasteiger partial charge is 0.243 e. The minimum atomic E-state index is -0.328. The fourth-order valence-electron chi connectivity index (χ4n) is 2.07. The van der Waals surface area contributed by atoms with Crippen molar-refractivity contribution in [2.24, 2.45) is 0 Å². The van der Waals surface area contributed by atoms with Crippen molar-refractivity contribution in [1.29, 1.82) is 0 Å². The van der Waals surface area contributed by atoms with E-state index in [1.807, 2.05) is 12.1 Å². The maximum Gasteiger partial charge on any atom is 0.243 e. The van der Waals surface area contributed by atoms with E-state index in [1.54, 1.807) is 12.4 Å². The predicted octanol–water partition coefficient (Wildman–Crippen LogP) is 0.451. The van der Waals surface area contributed by atoms with Crippen molar-refractivity contribution in [3.63, 3.8) is 0 Å². The molecule has 94 valence electrons. The van der Waals surface area contributed by atoms with Gasteiger partial charge in [-0.15, -0.1) is 0 Å². The summed E-state index contributed by atoms with van der Waals surface area (Å²) in [6.07, 6.45) is 4.40. The van der Waals surface area contributed by atoms with Gasteiger partial charge >= 0.3 is 0 Å². The molecule has 1 fully saturated rings. The van der Waals surface area contributed by atoms with Crippen LogP contribution in [0.4, 0.5) is 0 Å². The standard InChI is InChI=1S/C12H14N4O2/c17-9-6-10(14-7-9)12-15-11(16-18-12)5-8-1-3-13-4-2-8/h1-4,9-10,14,17H,5-7H2/t9-,10+/m1/s1. The van der Waals surface area contributed by atoms with Crippen LogP contribution in [0.2, 0.25) is 0 Å². The van der Waals surface area contributed by atoms with Gasteiger partial charge in [-0.05, 0) is 24.1 Å². The average molecular weight is 246 g/mol. The highest BCUT2D eigenvalue weighted by Gasteiger charge is 2.27. The van der Waals surface area contributed by atoms with Gasteiger partial charge in [0, 0.05) is 25.4 Å². The van der Waals surface area contributed by atoms with Gasteiger partial charge < -0.3 is 14.9 Å². The summed E-state index contributed by atoms with van der Waals surface area (Å²) in [4.78, 5) is 8.31. The van der Waals surface area contributed by atoms with Crippen LogP contribution in [-0.4, -0.2) is 32.9 Å². The molecular formula is C12H14N4O2. The van der Waals surface area contributed by atoms with E-state index in [0.717, 1.165) is 5.56 Å². The van der Waals surface area contributed by atoms with Gasteiger partial charge in [-0.3, -0.25) is 4.98 Å². The highest BCUT2D eigenvalue weighted by Crippen LogP contribution is 2.22. The summed E-state index contributed by atoms with van der Waals surface area (Å²) in [5.41, 5.74) is 1.09. The Kier molecular flexibility index (Phi) is 3.04. The molecule has 0 aliphatic carbocycles. The predicted molar refractivity (Wildman–Crippen MR) is 62.7 cm³/mol. The van der Waals surface area contributed by atoms with Crippen molar-refractivity contribution in [3.8, 4) is 0 Å². The number of β-amino-alcohol motifs (C(OH)–C–C–N with tert-alkyl or cyclic N) is 1. The molecule has 18 heavy (non-hydrogen) atoms. The SMILES string of the molecule is O[C@H]1CN[C@H](c2nc(Cc3ccncc3)no2)C1. The highest BCUT2D eigenvalue weighted by molar-refractivity contribution is 5.15. The lowest BCUT2D eigenvalue weighted by Gasteiger charge is -2.01. The van der Waals surface area contributed by atoms with Crippen molar-refractivity contribution in [2.75, 3.05) is 6.54 Å². The summed E-state index contributed by atoms with van der Waals surface area (Å²) in [6.45, 7) is 0.576. The van der Waals surface area contributed by atoms with Crippen molar-refractivity contribution in [2.45, 2.75) is 25.0 Å². The second-order valence-corrected chi connectivity index (χ2v) is 4.43. The summed E-state index contributed by atoms with van der Waals surface area (Å²) in [6, 6.07) is 3.82. The number of nitrogens with zero attached hydrogens (tertiary/aromatic N) is 3. The third-order valence-corrected chi connectivity index (χ3v) is 3.00. The Hall–Kier alpha value is -1.79. The molecule has 0 aromatic carbocycles. The summed E-state index contributed by atoms with van der Waals surface area (Å²) < 4.78 is 5.22. The molecule has 1 aliphatic heterocycles. The van der Waals surface area contributed by atoms with Crippen molar-refractivity contribution < 1.29 is 9.63 Å². The third-order valence-electron chi connectivity index (χ3n) is 3.00. The molecule has 2 N–H and O–H groups in total. The maximum atomic E-state index is 9.44. The molecule has 0 saturated carbocycles. The lowest BCUT2D eigenvalue weighted by Crippen LogP contribution is -2.15. The summed E-state index contributed by atoms with van der Waals surface area (Å²) in [5, 5.41) is 16.5. The Morgan fingerprint density at radius 1 is 1.39 bits per heavy atom. The molecule has 1 saturated heterocycles. The van der Waals surface area contributed by atoms with E-state index >= 15 is 0 Å². The van der Waals surface area contributed by atoms with Crippen LogP contribution in [0.3, 0.4) is 0 Å². The first-order valence-corrected chi connectivity index (χ1v) is 5.94. The number of hydrogen-bond donors (Lipinski definition) is 2. The third kappa shape index (κ3) is 2.39. The lowest BCUT2D eigenvalue weighted by molar-refractivity contribution is 0.191. The second-order valence-electron chi connectivity index (χ2n) is 4.43. The van der Waals surface area contributed by atoms with E-state index in [2.05, 4.69) is 20.4 Å². The van der Waals surface area contributed by atoms with Gasteiger partial charge in [-0.2, -0.15) is 4.98 Å². The quantitative estimate of drug-likeness (QED) is 0.818. The fourth-order valence-corrected chi connectivity index (χ4v) is 2.07. The van der Waals surface area contributed by atoms with Crippen LogP contribution in [0.15, 0.2) is 29.0 Å². The minimum absolute atomic E-state index is 0.0290. The number of pyridine rings is 1. The van der Waals surface area contributed by atoms with Gasteiger partial charge in [-0.25, -0.2) is 0 Å². The zero-order chi connectivity index (χ0) is 12.4. The Balaban J connectivity index is 1.70. The Bertz CT molecular complexity index is 514. The van der Waals surface area contributed by atoms with E-state index in [-0.39, 0.29) is 12.1 Å².